The molecule has 1 N–H and O–H groups in total. The molecule has 0 saturated carbocycles. The fraction of sp³-hybridized carbons (Fsp3) is 0.320. The van der Waals surface area contributed by atoms with E-state index in [1.165, 1.54) is 14.2 Å². The van der Waals surface area contributed by atoms with E-state index in [-0.39, 0.29) is 17.9 Å². The molecule has 0 aliphatic carbocycles. The molecule has 2 aromatic heterocycles. The van der Waals surface area contributed by atoms with Crippen molar-refractivity contribution in [3.05, 3.63) is 77.6 Å². The highest BCUT2D eigenvalue weighted by molar-refractivity contribution is 5.95. The van der Waals surface area contributed by atoms with Gasteiger partial charge < -0.3 is 24.3 Å². The Balaban J connectivity index is 1.76. The van der Waals surface area contributed by atoms with Crippen molar-refractivity contribution >= 4 is 11.8 Å². The van der Waals surface area contributed by atoms with Crippen LogP contribution in [0.3, 0.4) is 0 Å². The van der Waals surface area contributed by atoms with Crippen LogP contribution in [0.4, 0.5) is 0 Å². The number of hydrogen-bond donors (Lipinski definition) is 1. The van der Waals surface area contributed by atoms with Crippen molar-refractivity contribution in [2.45, 2.75) is 18.9 Å². The van der Waals surface area contributed by atoms with Crippen LogP contribution in [-0.4, -0.2) is 60.1 Å². The number of carbonyl (C=O) groups is 2. The van der Waals surface area contributed by atoms with Gasteiger partial charge in [-0.25, -0.2) is 0 Å². The molecule has 8 nitrogen and oxygen atoms in total. The van der Waals surface area contributed by atoms with E-state index in [2.05, 4.69) is 10.3 Å². The van der Waals surface area contributed by atoms with Crippen LogP contribution in [0, 0.1) is 0 Å². The average Bonchev–Trinajstić information content (AvgIpc) is 3.28. The number of methoxy groups -OCH3 is 2. The number of aromatic nitrogens is 2. The van der Waals surface area contributed by atoms with Gasteiger partial charge in [0.25, 0.3) is 11.8 Å². The fourth-order valence-electron chi connectivity index (χ4n) is 3.64. The van der Waals surface area contributed by atoms with Crippen LogP contribution in [0.5, 0.6) is 11.8 Å². The van der Waals surface area contributed by atoms with Crippen molar-refractivity contribution in [3.63, 3.8) is 0 Å². The highest BCUT2D eigenvalue weighted by Gasteiger charge is 2.23. The molecule has 0 radical (unpaired) electrons. The third-order valence-electron chi connectivity index (χ3n) is 5.57. The summed E-state index contributed by atoms with van der Waals surface area (Å²) in [4.78, 5) is 31.7. The van der Waals surface area contributed by atoms with Crippen LogP contribution in [-0.2, 0) is 13.5 Å². The van der Waals surface area contributed by atoms with E-state index in [1.54, 1.807) is 34.7 Å². The lowest BCUT2D eigenvalue weighted by Crippen LogP contribution is -2.41. The molecule has 1 atom stereocenters. The Hall–Kier alpha value is -3.81. The van der Waals surface area contributed by atoms with Gasteiger partial charge >= 0.3 is 0 Å². The van der Waals surface area contributed by atoms with Gasteiger partial charge in [-0.2, -0.15) is 4.98 Å². The van der Waals surface area contributed by atoms with Crippen molar-refractivity contribution in [2.24, 2.45) is 7.05 Å². The maximum absolute atomic E-state index is 13.3. The first-order valence-corrected chi connectivity index (χ1v) is 10.7. The lowest BCUT2D eigenvalue weighted by molar-refractivity contribution is 0.0721. The van der Waals surface area contributed by atoms with Crippen molar-refractivity contribution < 1.29 is 19.1 Å². The zero-order chi connectivity index (χ0) is 23.8. The molecule has 33 heavy (non-hydrogen) atoms. The summed E-state index contributed by atoms with van der Waals surface area (Å²) in [5, 5.41) is 2.96. The van der Waals surface area contributed by atoms with Gasteiger partial charge in [0.2, 0.25) is 11.8 Å². The number of carbonyl (C=O) groups excluding carboxylic acids is 2. The summed E-state index contributed by atoms with van der Waals surface area (Å²) in [6.45, 7) is 0.433. The first-order chi connectivity index (χ1) is 15.9. The Bertz CT molecular complexity index is 1060. The number of likely N-dealkylation sites (N-methyl/N-ethyl adjacent to an activating group) is 1. The smallest absolute Gasteiger partial charge is 0.267 e. The number of amides is 2. The SMILES string of the molecule is COc1cc(C(=O)N(C)C(CCNC(=O)c2cccn2C)Cc2ccccc2)cc(OC)n1. The van der Waals surface area contributed by atoms with E-state index < -0.39 is 0 Å². The number of rotatable bonds is 10. The van der Waals surface area contributed by atoms with Crippen molar-refractivity contribution in [2.75, 3.05) is 27.8 Å². The summed E-state index contributed by atoms with van der Waals surface area (Å²) in [6.07, 6.45) is 3.08. The lowest BCUT2D eigenvalue weighted by atomic mass is 10.0. The van der Waals surface area contributed by atoms with Gasteiger partial charge in [0.15, 0.2) is 0 Å². The zero-order valence-corrected chi connectivity index (χ0v) is 19.4. The van der Waals surface area contributed by atoms with Gasteiger partial charge in [-0.3, -0.25) is 9.59 Å². The first-order valence-electron chi connectivity index (χ1n) is 10.7. The van der Waals surface area contributed by atoms with Crippen molar-refractivity contribution in [3.8, 4) is 11.8 Å². The number of aryl methyl sites for hydroxylation is 1. The number of pyridine rings is 1. The Morgan fingerprint density at radius 2 is 1.73 bits per heavy atom. The van der Waals surface area contributed by atoms with E-state index in [0.717, 1.165) is 5.56 Å². The number of ether oxygens (including phenoxy) is 2. The Morgan fingerprint density at radius 1 is 1.06 bits per heavy atom. The molecule has 1 aromatic carbocycles. The summed E-state index contributed by atoms with van der Waals surface area (Å²) in [5.74, 6) is 0.295. The lowest BCUT2D eigenvalue weighted by Gasteiger charge is -2.29. The van der Waals surface area contributed by atoms with Crippen LogP contribution in [0.15, 0.2) is 60.8 Å². The topological polar surface area (TPSA) is 85.7 Å². The second kappa shape index (κ2) is 11.2. The normalized spacial score (nSPS) is 11.5. The van der Waals surface area contributed by atoms with Crippen molar-refractivity contribution in [1.82, 2.24) is 19.8 Å². The van der Waals surface area contributed by atoms with E-state index >= 15 is 0 Å². The summed E-state index contributed by atoms with van der Waals surface area (Å²) < 4.78 is 12.2. The Labute approximate surface area is 194 Å². The third kappa shape index (κ3) is 6.12. The molecular weight excluding hydrogens is 420 g/mol. The van der Waals surface area contributed by atoms with E-state index in [0.29, 0.717) is 42.4 Å². The standard InChI is InChI=1S/C25H30N4O4/c1-28-14-8-11-21(28)24(30)26-13-12-20(15-18-9-6-5-7-10-18)29(2)25(31)19-16-22(32-3)27-23(17-19)33-4/h5-11,14,16-17,20H,12-13,15H2,1-4H3,(H,26,30). The maximum atomic E-state index is 13.3. The Morgan fingerprint density at radius 3 is 2.30 bits per heavy atom. The fourth-order valence-corrected chi connectivity index (χ4v) is 3.64. The van der Waals surface area contributed by atoms with Gasteiger partial charge in [-0.15, -0.1) is 0 Å². The summed E-state index contributed by atoms with van der Waals surface area (Å²) in [7, 11) is 6.59. The average molecular weight is 451 g/mol. The minimum Gasteiger partial charge on any atom is -0.481 e. The van der Waals surface area contributed by atoms with Crippen molar-refractivity contribution in [1.29, 1.82) is 0 Å². The van der Waals surface area contributed by atoms with E-state index in [4.69, 9.17) is 9.47 Å². The first kappa shape index (κ1) is 23.8. The minimum atomic E-state index is -0.177. The van der Waals surface area contributed by atoms with Gasteiger partial charge in [0.05, 0.1) is 19.8 Å². The highest BCUT2D eigenvalue weighted by atomic mass is 16.5. The maximum Gasteiger partial charge on any atom is 0.267 e. The number of nitrogens with zero attached hydrogens (tertiary/aromatic N) is 3. The number of benzene rings is 1. The molecule has 0 saturated heterocycles. The van der Waals surface area contributed by atoms with Gasteiger partial charge in [0.1, 0.15) is 5.69 Å². The molecule has 174 valence electrons. The quantitative estimate of drug-likeness (QED) is 0.513. The molecule has 0 bridgehead atoms. The molecular formula is C25H30N4O4. The largest absolute Gasteiger partial charge is 0.481 e. The second-order valence-electron chi connectivity index (χ2n) is 7.75. The second-order valence-corrected chi connectivity index (χ2v) is 7.75. The Kier molecular flexibility index (Phi) is 8.07. The summed E-state index contributed by atoms with van der Waals surface area (Å²) >= 11 is 0. The van der Waals surface area contributed by atoms with E-state index in [1.807, 2.05) is 49.6 Å². The van der Waals surface area contributed by atoms with E-state index in [9.17, 15) is 9.59 Å². The monoisotopic (exact) mass is 450 g/mol. The summed E-state index contributed by atoms with van der Waals surface area (Å²) in [6, 6.07) is 16.6. The molecule has 2 amide bonds. The number of hydrogen-bond acceptors (Lipinski definition) is 5. The third-order valence-corrected chi connectivity index (χ3v) is 5.57. The van der Waals surface area contributed by atoms with Crippen LogP contribution in [0.2, 0.25) is 0 Å². The molecule has 0 aliphatic rings. The van der Waals surface area contributed by atoms with Crippen LogP contribution < -0.4 is 14.8 Å². The highest BCUT2D eigenvalue weighted by Crippen LogP contribution is 2.21. The van der Waals surface area contributed by atoms with Gasteiger partial charge in [-0.1, -0.05) is 30.3 Å². The number of nitrogens with one attached hydrogen (secondary N) is 1. The van der Waals surface area contributed by atoms with Crippen LogP contribution in [0.1, 0.15) is 32.8 Å². The predicted octanol–water partition coefficient (Wildman–Crippen LogP) is 2.94. The molecule has 3 rings (SSSR count). The molecule has 8 heteroatoms. The summed E-state index contributed by atoms with van der Waals surface area (Å²) in [5.41, 5.74) is 2.13. The molecule has 0 aliphatic heterocycles. The molecule has 2 heterocycles. The predicted molar refractivity (Wildman–Crippen MR) is 126 cm³/mol. The van der Waals surface area contributed by atoms with Crippen LogP contribution >= 0.6 is 0 Å². The van der Waals surface area contributed by atoms with Gasteiger partial charge in [0, 0.05) is 45.0 Å². The zero-order valence-electron chi connectivity index (χ0n) is 19.4. The molecule has 1 unspecified atom stereocenters. The molecule has 0 fully saturated rings. The van der Waals surface area contributed by atoms with Crippen LogP contribution in [0.25, 0.3) is 0 Å². The minimum absolute atomic E-state index is 0.140. The molecule has 3 aromatic rings. The van der Waals surface area contributed by atoms with Gasteiger partial charge in [-0.05, 0) is 30.5 Å². The molecule has 0 spiro atoms.